The summed E-state index contributed by atoms with van der Waals surface area (Å²) in [6.45, 7) is 0. The van der Waals surface area contributed by atoms with Crippen LogP contribution in [0.2, 0.25) is 5.02 Å². The van der Waals surface area contributed by atoms with E-state index in [1.54, 1.807) is 24.4 Å². The molecule has 90 valence electrons. The SMILES string of the molecule is O=C1NC(=O)C(c2c[nH]c3c(Cl)cccc23)=C1Cl. The maximum absolute atomic E-state index is 11.7. The lowest BCUT2D eigenvalue weighted by molar-refractivity contribution is -0.123. The van der Waals surface area contributed by atoms with E-state index in [1.807, 2.05) is 0 Å². The van der Waals surface area contributed by atoms with Gasteiger partial charge < -0.3 is 4.98 Å². The minimum Gasteiger partial charge on any atom is -0.359 e. The minimum absolute atomic E-state index is 0.0964. The van der Waals surface area contributed by atoms with Crippen molar-refractivity contribution in [3.8, 4) is 0 Å². The molecule has 1 aromatic carbocycles. The van der Waals surface area contributed by atoms with Gasteiger partial charge in [0.25, 0.3) is 11.8 Å². The molecule has 0 aliphatic carbocycles. The zero-order valence-electron chi connectivity index (χ0n) is 8.88. The molecule has 0 atom stereocenters. The van der Waals surface area contributed by atoms with Gasteiger partial charge in [-0.2, -0.15) is 0 Å². The fourth-order valence-corrected chi connectivity index (χ4v) is 2.46. The highest BCUT2D eigenvalue weighted by Crippen LogP contribution is 2.33. The average Bonchev–Trinajstić information content (AvgIpc) is 2.84. The number of H-pyrrole nitrogens is 1. The average molecular weight is 281 g/mol. The molecule has 2 N–H and O–H groups in total. The molecule has 6 heteroatoms. The Bertz CT molecular complexity index is 731. The molecule has 0 saturated heterocycles. The van der Waals surface area contributed by atoms with Crippen LogP contribution in [-0.2, 0) is 9.59 Å². The van der Waals surface area contributed by atoms with Crippen molar-refractivity contribution in [2.75, 3.05) is 0 Å². The molecule has 0 bridgehead atoms. The van der Waals surface area contributed by atoms with E-state index in [0.29, 0.717) is 16.1 Å². The van der Waals surface area contributed by atoms with Crippen molar-refractivity contribution < 1.29 is 9.59 Å². The van der Waals surface area contributed by atoms with Gasteiger partial charge >= 0.3 is 0 Å². The van der Waals surface area contributed by atoms with E-state index in [2.05, 4.69) is 10.3 Å². The summed E-state index contributed by atoms with van der Waals surface area (Å²) in [6.07, 6.45) is 1.62. The fourth-order valence-electron chi connectivity index (χ4n) is 2.00. The second-order valence-electron chi connectivity index (χ2n) is 3.84. The number of nitrogens with one attached hydrogen (secondary N) is 2. The monoisotopic (exact) mass is 280 g/mol. The Morgan fingerprint density at radius 2 is 1.83 bits per heavy atom. The second kappa shape index (κ2) is 3.86. The maximum atomic E-state index is 11.7. The third kappa shape index (κ3) is 1.46. The number of aromatic nitrogens is 1. The molecule has 0 unspecified atom stereocenters. The molecule has 1 aliphatic heterocycles. The number of carbonyl (C=O) groups excluding carboxylic acids is 2. The van der Waals surface area contributed by atoms with Gasteiger partial charge in [-0.05, 0) is 6.07 Å². The van der Waals surface area contributed by atoms with Crippen molar-refractivity contribution in [2.24, 2.45) is 0 Å². The van der Waals surface area contributed by atoms with E-state index in [9.17, 15) is 9.59 Å². The summed E-state index contributed by atoms with van der Waals surface area (Å²) in [5.41, 5.74) is 1.45. The fraction of sp³-hybridized carbons (Fsp3) is 0. The molecular weight excluding hydrogens is 275 g/mol. The van der Waals surface area contributed by atoms with Gasteiger partial charge in [0, 0.05) is 17.1 Å². The van der Waals surface area contributed by atoms with E-state index in [4.69, 9.17) is 23.2 Å². The van der Waals surface area contributed by atoms with Crippen molar-refractivity contribution in [1.82, 2.24) is 10.3 Å². The summed E-state index contributed by atoms with van der Waals surface area (Å²) < 4.78 is 0. The lowest BCUT2D eigenvalue weighted by atomic mass is 10.1. The molecule has 1 aliphatic rings. The van der Waals surface area contributed by atoms with E-state index in [1.165, 1.54) is 0 Å². The smallest absolute Gasteiger partial charge is 0.270 e. The highest BCUT2D eigenvalue weighted by molar-refractivity contribution is 6.55. The van der Waals surface area contributed by atoms with Crippen molar-refractivity contribution in [3.05, 3.63) is 40.0 Å². The van der Waals surface area contributed by atoms with Crippen molar-refractivity contribution in [1.29, 1.82) is 0 Å². The molecule has 2 amide bonds. The first-order chi connectivity index (χ1) is 8.59. The molecule has 4 nitrogen and oxygen atoms in total. The predicted octanol–water partition coefficient (Wildman–Crippen LogP) is 2.43. The van der Waals surface area contributed by atoms with Crippen molar-refractivity contribution >= 4 is 51.5 Å². The standard InChI is InChI=1S/C12H6Cl2N2O2/c13-7-3-1-2-5-6(4-15-10(5)7)8-9(14)12(18)16-11(8)17/h1-4,15H,(H,16,17,18). The topological polar surface area (TPSA) is 62.0 Å². The van der Waals surface area contributed by atoms with E-state index < -0.39 is 11.8 Å². The van der Waals surface area contributed by atoms with Crippen LogP contribution in [0.15, 0.2) is 29.4 Å². The number of fused-ring (bicyclic) bond motifs is 1. The maximum Gasteiger partial charge on any atom is 0.270 e. The van der Waals surface area contributed by atoms with Crippen LogP contribution in [0.25, 0.3) is 16.5 Å². The molecule has 2 heterocycles. The number of hydrogen-bond acceptors (Lipinski definition) is 2. The molecule has 0 radical (unpaired) electrons. The van der Waals surface area contributed by atoms with Crippen LogP contribution in [0.3, 0.4) is 0 Å². The van der Waals surface area contributed by atoms with Crippen LogP contribution in [0.1, 0.15) is 5.56 Å². The Morgan fingerprint density at radius 3 is 2.50 bits per heavy atom. The molecule has 1 aromatic heterocycles. The van der Waals surface area contributed by atoms with Gasteiger partial charge in [0.1, 0.15) is 5.03 Å². The van der Waals surface area contributed by atoms with E-state index in [-0.39, 0.29) is 10.6 Å². The number of para-hydroxylation sites is 1. The van der Waals surface area contributed by atoms with Crippen molar-refractivity contribution in [2.45, 2.75) is 0 Å². The number of rotatable bonds is 1. The van der Waals surface area contributed by atoms with E-state index >= 15 is 0 Å². The highest BCUT2D eigenvalue weighted by atomic mass is 35.5. The van der Waals surface area contributed by atoms with Crippen LogP contribution in [0.4, 0.5) is 0 Å². The quantitative estimate of drug-likeness (QED) is 0.788. The van der Waals surface area contributed by atoms with Crippen LogP contribution in [-0.4, -0.2) is 16.8 Å². The Labute approximate surface area is 112 Å². The van der Waals surface area contributed by atoms with Gasteiger partial charge in [-0.15, -0.1) is 0 Å². The minimum atomic E-state index is -0.576. The van der Waals surface area contributed by atoms with Crippen LogP contribution in [0, 0.1) is 0 Å². The molecule has 3 rings (SSSR count). The molecule has 0 saturated carbocycles. The number of hydrogen-bond donors (Lipinski definition) is 2. The highest BCUT2D eigenvalue weighted by Gasteiger charge is 2.31. The number of aromatic amines is 1. The molecule has 0 fully saturated rings. The summed E-state index contributed by atoms with van der Waals surface area (Å²) in [4.78, 5) is 26.0. The number of halogens is 2. The normalized spacial score (nSPS) is 15.7. The zero-order valence-corrected chi connectivity index (χ0v) is 10.4. The predicted molar refractivity (Wildman–Crippen MR) is 69.2 cm³/mol. The summed E-state index contributed by atoms with van der Waals surface area (Å²) in [7, 11) is 0. The summed E-state index contributed by atoms with van der Waals surface area (Å²) in [5, 5.41) is 3.35. The van der Waals surface area contributed by atoms with Crippen molar-refractivity contribution in [3.63, 3.8) is 0 Å². The Morgan fingerprint density at radius 1 is 1.06 bits per heavy atom. The summed E-state index contributed by atoms with van der Waals surface area (Å²) >= 11 is 11.9. The number of imide groups is 1. The third-order valence-corrected chi connectivity index (χ3v) is 3.48. The van der Waals surface area contributed by atoms with Crippen LogP contribution < -0.4 is 5.32 Å². The summed E-state index contributed by atoms with van der Waals surface area (Å²) in [6, 6.07) is 5.31. The van der Waals surface area contributed by atoms with Crippen LogP contribution >= 0.6 is 23.2 Å². The second-order valence-corrected chi connectivity index (χ2v) is 4.62. The Hall–Kier alpha value is -1.78. The first kappa shape index (κ1) is 11.3. The Balaban J connectivity index is 2.31. The third-order valence-electron chi connectivity index (χ3n) is 2.81. The van der Waals surface area contributed by atoms with Gasteiger partial charge in [0.15, 0.2) is 0 Å². The largest absolute Gasteiger partial charge is 0.359 e. The lowest BCUT2D eigenvalue weighted by Gasteiger charge is -1.99. The number of amides is 2. The van der Waals surface area contributed by atoms with Gasteiger partial charge in [-0.25, -0.2) is 0 Å². The van der Waals surface area contributed by atoms with Crippen LogP contribution in [0.5, 0.6) is 0 Å². The summed E-state index contributed by atoms with van der Waals surface area (Å²) in [5.74, 6) is -1.07. The van der Waals surface area contributed by atoms with Gasteiger partial charge in [-0.3, -0.25) is 14.9 Å². The number of carbonyl (C=O) groups is 2. The molecular formula is C12H6Cl2N2O2. The number of benzene rings is 1. The zero-order chi connectivity index (χ0) is 12.9. The van der Waals surface area contributed by atoms with Gasteiger partial charge in [0.05, 0.1) is 16.1 Å². The first-order valence-corrected chi connectivity index (χ1v) is 5.86. The molecule has 18 heavy (non-hydrogen) atoms. The Kier molecular flexibility index (Phi) is 2.43. The van der Waals surface area contributed by atoms with Gasteiger partial charge in [-0.1, -0.05) is 35.3 Å². The van der Waals surface area contributed by atoms with Gasteiger partial charge in [0.2, 0.25) is 0 Å². The molecule has 0 spiro atoms. The first-order valence-electron chi connectivity index (χ1n) is 5.11. The van der Waals surface area contributed by atoms with E-state index in [0.717, 1.165) is 5.39 Å². The lowest BCUT2D eigenvalue weighted by Crippen LogP contribution is -2.22. The molecule has 2 aromatic rings.